The summed E-state index contributed by atoms with van der Waals surface area (Å²) in [7, 11) is 0. The fourth-order valence-electron chi connectivity index (χ4n) is 2.10. The lowest BCUT2D eigenvalue weighted by molar-refractivity contribution is 1.31. The van der Waals surface area contributed by atoms with Gasteiger partial charge in [0.1, 0.15) is 6.07 Å². The van der Waals surface area contributed by atoms with E-state index in [2.05, 4.69) is 37.5 Å². The van der Waals surface area contributed by atoms with Crippen LogP contribution in [0.3, 0.4) is 0 Å². The first-order chi connectivity index (χ1) is 12.1. The Morgan fingerprint density at radius 2 is 2.00 bits per heavy atom. The van der Waals surface area contributed by atoms with E-state index in [4.69, 9.17) is 11.6 Å². The topological polar surface area (TPSA) is 61.1 Å². The Morgan fingerprint density at radius 1 is 1.27 bits per heavy atom. The van der Waals surface area contributed by atoms with Crippen LogP contribution in [0.1, 0.15) is 10.6 Å². The Labute approximate surface area is 175 Å². The molecule has 0 amide bonds. The SMILES string of the molecule is Cc1ccc(-c2csc(/C(C#N)=N\Nc3ccc(Br)cc3)n2)c(Cl)c1.Cl. The maximum Gasteiger partial charge on any atom is 0.196 e. The van der Waals surface area contributed by atoms with Gasteiger partial charge in [-0.05, 0) is 42.8 Å². The molecule has 0 atom stereocenters. The zero-order chi connectivity index (χ0) is 17.8. The molecule has 3 aromatic rings. The van der Waals surface area contributed by atoms with Gasteiger partial charge in [-0.1, -0.05) is 39.7 Å². The first-order valence-electron chi connectivity index (χ1n) is 7.28. The van der Waals surface area contributed by atoms with Crippen molar-refractivity contribution in [1.82, 2.24) is 4.98 Å². The summed E-state index contributed by atoms with van der Waals surface area (Å²) in [6, 6.07) is 15.4. The van der Waals surface area contributed by atoms with Crippen LogP contribution in [0.15, 0.2) is 57.4 Å². The Kier molecular flexibility index (Phi) is 7.18. The molecular formula is C18H13BrCl2N4S. The van der Waals surface area contributed by atoms with Crippen LogP contribution >= 0.6 is 51.3 Å². The van der Waals surface area contributed by atoms with E-state index >= 15 is 0 Å². The minimum Gasteiger partial charge on any atom is -0.277 e. The highest BCUT2D eigenvalue weighted by atomic mass is 79.9. The first-order valence-corrected chi connectivity index (χ1v) is 9.33. The average Bonchev–Trinajstić information content (AvgIpc) is 3.06. The molecule has 0 saturated heterocycles. The van der Waals surface area contributed by atoms with E-state index in [0.717, 1.165) is 27.0 Å². The summed E-state index contributed by atoms with van der Waals surface area (Å²) in [6.45, 7) is 1.98. The molecular weight excluding hydrogens is 455 g/mol. The summed E-state index contributed by atoms with van der Waals surface area (Å²) in [4.78, 5) is 4.50. The Balaban J connectivity index is 0.00000243. The van der Waals surface area contributed by atoms with E-state index in [9.17, 15) is 5.26 Å². The number of hydrazone groups is 1. The molecule has 0 aliphatic heterocycles. The van der Waals surface area contributed by atoms with Gasteiger partial charge in [-0.3, -0.25) is 5.43 Å². The molecule has 1 heterocycles. The lowest BCUT2D eigenvalue weighted by atomic mass is 10.1. The second-order valence-electron chi connectivity index (χ2n) is 5.21. The molecule has 3 rings (SSSR count). The van der Waals surface area contributed by atoms with Gasteiger partial charge in [0.2, 0.25) is 0 Å². The number of hydrogen-bond donors (Lipinski definition) is 1. The Hall–Kier alpha value is -1.91. The van der Waals surface area contributed by atoms with Crippen LogP contribution < -0.4 is 5.43 Å². The summed E-state index contributed by atoms with van der Waals surface area (Å²) < 4.78 is 0.974. The summed E-state index contributed by atoms with van der Waals surface area (Å²) in [5, 5.41) is 16.6. The summed E-state index contributed by atoms with van der Waals surface area (Å²) in [5.41, 5.74) is 6.54. The maximum atomic E-state index is 9.38. The van der Waals surface area contributed by atoms with Crippen molar-refractivity contribution < 1.29 is 0 Å². The predicted molar refractivity (Wildman–Crippen MR) is 114 cm³/mol. The standard InChI is InChI=1S/C18H12BrClN4S.ClH/c1-11-2-7-14(15(20)8-11)17-10-25-18(22-17)16(9-21)24-23-13-5-3-12(19)4-6-13;/h2-8,10,23H,1H3;1H/b24-16-;. The predicted octanol–water partition coefficient (Wildman–Crippen LogP) is 6.30. The van der Waals surface area contributed by atoms with Crippen molar-refractivity contribution in [3.63, 3.8) is 0 Å². The smallest absolute Gasteiger partial charge is 0.196 e. The quantitative estimate of drug-likeness (QED) is 0.362. The summed E-state index contributed by atoms with van der Waals surface area (Å²) >= 11 is 11.0. The summed E-state index contributed by atoms with van der Waals surface area (Å²) in [6.07, 6.45) is 0. The number of nitrogens with zero attached hydrogens (tertiary/aromatic N) is 3. The van der Waals surface area contributed by atoms with E-state index in [1.807, 2.05) is 54.8 Å². The average molecular weight is 468 g/mol. The molecule has 0 bridgehead atoms. The van der Waals surface area contributed by atoms with Gasteiger partial charge >= 0.3 is 0 Å². The number of anilines is 1. The van der Waals surface area contributed by atoms with Crippen molar-refractivity contribution in [2.24, 2.45) is 5.10 Å². The molecule has 2 aromatic carbocycles. The van der Waals surface area contributed by atoms with Gasteiger partial charge in [-0.2, -0.15) is 10.4 Å². The number of aryl methyl sites for hydroxylation is 1. The van der Waals surface area contributed by atoms with Gasteiger partial charge in [-0.25, -0.2) is 4.98 Å². The number of halogens is 3. The third-order valence-electron chi connectivity index (χ3n) is 3.35. The van der Waals surface area contributed by atoms with E-state index in [1.54, 1.807) is 0 Å². The van der Waals surface area contributed by atoms with Crippen molar-refractivity contribution in [3.05, 3.63) is 67.9 Å². The van der Waals surface area contributed by atoms with Crippen LogP contribution in [-0.4, -0.2) is 10.7 Å². The normalized spacial score (nSPS) is 10.8. The molecule has 0 aliphatic carbocycles. The van der Waals surface area contributed by atoms with E-state index in [-0.39, 0.29) is 18.1 Å². The number of nitrogens with one attached hydrogen (secondary N) is 1. The van der Waals surface area contributed by atoms with Crippen molar-refractivity contribution in [1.29, 1.82) is 5.26 Å². The van der Waals surface area contributed by atoms with E-state index in [1.165, 1.54) is 11.3 Å². The van der Waals surface area contributed by atoms with Gasteiger partial charge < -0.3 is 0 Å². The largest absolute Gasteiger partial charge is 0.277 e. The van der Waals surface area contributed by atoms with Gasteiger partial charge in [0.05, 0.1) is 16.4 Å². The van der Waals surface area contributed by atoms with Crippen molar-refractivity contribution in [2.75, 3.05) is 5.43 Å². The monoisotopic (exact) mass is 466 g/mol. The van der Waals surface area contributed by atoms with Crippen LogP contribution in [0.5, 0.6) is 0 Å². The Morgan fingerprint density at radius 3 is 2.65 bits per heavy atom. The van der Waals surface area contributed by atoms with Gasteiger partial charge in [0.15, 0.2) is 10.7 Å². The van der Waals surface area contributed by atoms with Crippen molar-refractivity contribution in [2.45, 2.75) is 6.92 Å². The third kappa shape index (κ3) is 4.83. The zero-order valence-electron chi connectivity index (χ0n) is 13.5. The summed E-state index contributed by atoms with van der Waals surface area (Å²) in [5.74, 6) is 0. The Bertz CT molecular complexity index is 978. The van der Waals surface area contributed by atoms with E-state index < -0.39 is 0 Å². The lowest BCUT2D eigenvalue weighted by Crippen LogP contribution is -2.01. The molecule has 1 N–H and O–H groups in total. The highest BCUT2D eigenvalue weighted by molar-refractivity contribution is 9.10. The number of aromatic nitrogens is 1. The maximum absolute atomic E-state index is 9.38. The van der Waals surface area contributed by atoms with Crippen LogP contribution in [0.25, 0.3) is 11.3 Å². The van der Waals surface area contributed by atoms with Gasteiger partial charge in [-0.15, -0.1) is 23.7 Å². The number of hydrogen-bond acceptors (Lipinski definition) is 5. The molecule has 0 aliphatic rings. The van der Waals surface area contributed by atoms with E-state index in [0.29, 0.717) is 10.0 Å². The number of thiazole rings is 1. The second-order valence-corrected chi connectivity index (χ2v) is 7.39. The molecule has 132 valence electrons. The van der Waals surface area contributed by atoms with Crippen molar-refractivity contribution >= 4 is 62.7 Å². The van der Waals surface area contributed by atoms with Crippen LogP contribution in [0.2, 0.25) is 5.02 Å². The first kappa shape index (κ1) is 20.4. The molecule has 0 saturated carbocycles. The lowest BCUT2D eigenvalue weighted by Gasteiger charge is -2.02. The molecule has 0 radical (unpaired) electrons. The molecule has 0 unspecified atom stereocenters. The fourth-order valence-corrected chi connectivity index (χ4v) is 3.45. The number of rotatable bonds is 4. The minimum atomic E-state index is 0. The number of benzene rings is 2. The fraction of sp³-hybridized carbons (Fsp3) is 0.0556. The van der Waals surface area contributed by atoms with Crippen LogP contribution in [0, 0.1) is 18.3 Å². The molecule has 4 nitrogen and oxygen atoms in total. The second kappa shape index (κ2) is 9.15. The van der Waals surface area contributed by atoms with Crippen LogP contribution in [0.4, 0.5) is 5.69 Å². The third-order valence-corrected chi connectivity index (χ3v) is 5.04. The number of nitriles is 1. The molecule has 26 heavy (non-hydrogen) atoms. The van der Waals surface area contributed by atoms with Gasteiger partial charge in [0, 0.05) is 15.4 Å². The zero-order valence-corrected chi connectivity index (χ0v) is 17.5. The van der Waals surface area contributed by atoms with Gasteiger partial charge in [0.25, 0.3) is 0 Å². The molecule has 8 heteroatoms. The molecule has 0 spiro atoms. The molecule has 1 aromatic heterocycles. The van der Waals surface area contributed by atoms with Crippen LogP contribution in [-0.2, 0) is 0 Å². The van der Waals surface area contributed by atoms with Crippen molar-refractivity contribution in [3.8, 4) is 17.3 Å². The molecule has 0 fully saturated rings. The highest BCUT2D eigenvalue weighted by Gasteiger charge is 2.12. The highest BCUT2D eigenvalue weighted by Crippen LogP contribution is 2.29. The minimum absolute atomic E-state index is 0.